The average Bonchev–Trinajstić information content (AvgIpc) is 2.47. The Morgan fingerprint density at radius 3 is 2.24 bits per heavy atom. The van der Waals surface area contributed by atoms with E-state index in [1.165, 1.54) is 7.05 Å². The molecule has 1 heterocycles. The van der Waals surface area contributed by atoms with E-state index < -0.39 is 24.0 Å². The van der Waals surface area contributed by atoms with Crippen LogP contribution in [0, 0.1) is 0 Å². The minimum atomic E-state index is -4.92. The molecule has 5 nitrogen and oxygen atoms in total. The fraction of sp³-hybridized carbons (Fsp3) is 0.231. The first-order valence-electron chi connectivity index (χ1n) is 6.44. The number of aromatic nitrogens is 2. The maximum absolute atomic E-state index is 12.8. The molecule has 0 saturated carbocycles. The van der Waals surface area contributed by atoms with Crippen LogP contribution in [0.2, 0.25) is 5.02 Å². The van der Waals surface area contributed by atoms with Gasteiger partial charge in [-0.3, -0.25) is 0 Å². The SMILES string of the molecule is CNc1nc(Nc2ccc(OC(F)(F)F)c(Cl)c2)cc(C(F)(F)F)n1. The van der Waals surface area contributed by atoms with E-state index in [4.69, 9.17) is 11.6 Å². The zero-order valence-electron chi connectivity index (χ0n) is 12.3. The lowest BCUT2D eigenvalue weighted by molar-refractivity contribution is -0.274. The summed E-state index contributed by atoms with van der Waals surface area (Å²) in [5.74, 6) is -1.16. The van der Waals surface area contributed by atoms with Crippen LogP contribution in [-0.4, -0.2) is 23.4 Å². The molecule has 2 N–H and O–H groups in total. The topological polar surface area (TPSA) is 59.1 Å². The Labute approximate surface area is 142 Å². The Balaban J connectivity index is 2.29. The molecule has 1 aromatic heterocycles. The van der Waals surface area contributed by atoms with Crippen molar-refractivity contribution < 1.29 is 31.1 Å². The fourth-order valence-electron chi connectivity index (χ4n) is 1.70. The van der Waals surface area contributed by atoms with Crippen molar-refractivity contribution in [3.05, 3.63) is 35.0 Å². The first-order valence-corrected chi connectivity index (χ1v) is 6.82. The van der Waals surface area contributed by atoms with Crippen LogP contribution in [0.5, 0.6) is 5.75 Å². The molecular formula is C13H9ClF6N4O. The molecule has 25 heavy (non-hydrogen) atoms. The van der Waals surface area contributed by atoms with Gasteiger partial charge in [-0.15, -0.1) is 13.2 Å². The zero-order chi connectivity index (χ0) is 18.8. The maximum atomic E-state index is 12.8. The molecule has 12 heteroatoms. The van der Waals surface area contributed by atoms with Gasteiger partial charge in [0.15, 0.2) is 5.69 Å². The maximum Gasteiger partial charge on any atom is 0.573 e. The van der Waals surface area contributed by atoms with Crippen molar-refractivity contribution >= 4 is 29.1 Å². The number of anilines is 3. The highest BCUT2D eigenvalue weighted by atomic mass is 35.5. The molecule has 2 rings (SSSR count). The van der Waals surface area contributed by atoms with Gasteiger partial charge in [-0.1, -0.05) is 11.6 Å². The summed E-state index contributed by atoms with van der Waals surface area (Å²) in [6, 6.07) is 3.76. The van der Waals surface area contributed by atoms with Crippen molar-refractivity contribution in [3.63, 3.8) is 0 Å². The molecule has 0 atom stereocenters. The number of alkyl halides is 6. The number of nitrogens with zero attached hydrogens (tertiary/aromatic N) is 2. The summed E-state index contributed by atoms with van der Waals surface area (Å²) < 4.78 is 78.7. The lowest BCUT2D eigenvalue weighted by Crippen LogP contribution is -2.17. The zero-order valence-corrected chi connectivity index (χ0v) is 13.0. The van der Waals surface area contributed by atoms with Crippen LogP contribution >= 0.6 is 11.6 Å². The lowest BCUT2D eigenvalue weighted by atomic mass is 10.3. The molecule has 1 aromatic carbocycles. The molecule has 0 aliphatic carbocycles. The Hall–Kier alpha value is -2.43. The van der Waals surface area contributed by atoms with Crippen LogP contribution in [0.1, 0.15) is 5.69 Å². The summed E-state index contributed by atoms with van der Waals surface area (Å²) in [6.07, 6.45) is -9.62. The van der Waals surface area contributed by atoms with E-state index in [-0.39, 0.29) is 22.5 Å². The summed E-state index contributed by atoms with van der Waals surface area (Å²) in [7, 11) is 1.33. The van der Waals surface area contributed by atoms with Gasteiger partial charge in [-0.2, -0.15) is 18.2 Å². The Morgan fingerprint density at radius 1 is 1.04 bits per heavy atom. The van der Waals surface area contributed by atoms with Gasteiger partial charge in [0, 0.05) is 18.8 Å². The van der Waals surface area contributed by atoms with Crippen LogP contribution in [0.15, 0.2) is 24.3 Å². The van der Waals surface area contributed by atoms with Crippen molar-refractivity contribution in [3.8, 4) is 5.75 Å². The van der Waals surface area contributed by atoms with Crippen LogP contribution in [0.4, 0.5) is 43.8 Å². The Kier molecular flexibility index (Phi) is 5.16. The number of nitrogens with one attached hydrogen (secondary N) is 2. The summed E-state index contributed by atoms with van der Waals surface area (Å²) in [4.78, 5) is 7.06. The second-order valence-electron chi connectivity index (χ2n) is 4.53. The largest absolute Gasteiger partial charge is 0.573 e. The third kappa shape index (κ3) is 5.28. The van der Waals surface area contributed by atoms with Crippen molar-refractivity contribution in [1.82, 2.24) is 9.97 Å². The van der Waals surface area contributed by atoms with Crippen LogP contribution in [-0.2, 0) is 6.18 Å². The first kappa shape index (κ1) is 18.9. The highest BCUT2D eigenvalue weighted by Gasteiger charge is 2.34. The molecule has 0 aliphatic rings. The van der Waals surface area contributed by atoms with E-state index in [2.05, 4.69) is 25.3 Å². The van der Waals surface area contributed by atoms with Crippen LogP contribution in [0.3, 0.4) is 0 Å². The normalized spacial score (nSPS) is 12.0. The van der Waals surface area contributed by atoms with Gasteiger partial charge in [0.25, 0.3) is 0 Å². The molecule has 136 valence electrons. The predicted molar refractivity (Wildman–Crippen MR) is 78.0 cm³/mol. The lowest BCUT2D eigenvalue weighted by Gasteiger charge is -2.13. The summed E-state index contributed by atoms with van der Waals surface area (Å²) in [5.41, 5.74) is -1.09. The molecule has 2 aromatic rings. The molecular weight excluding hydrogens is 378 g/mol. The fourth-order valence-corrected chi connectivity index (χ4v) is 1.92. The van der Waals surface area contributed by atoms with Crippen molar-refractivity contribution in [2.24, 2.45) is 0 Å². The Bertz CT molecular complexity index is 765. The quantitative estimate of drug-likeness (QED) is 0.737. The number of hydrogen-bond donors (Lipinski definition) is 2. The first-order chi connectivity index (χ1) is 11.5. The summed E-state index contributed by atoms with van der Waals surface area (Å²) in [5, 5.41) is 4.50. The van der Waals surface area contributed by atoms with Gasteiger partial charge in [0.2, 0.25) is 5.95 Å². The molecule has 0 unspecified atom stereocenters. The van der Waals surface area contributed by atoms with Gasteiger partial charge in [-0.05, 0) is 18.2 Å². The third-order valence-electron chi connectivity index (χ3n) is 2.67. The average molecular weight is 387 g/mol. The monoisotopic (exact) mass is 386 g/mol. The Morgan fingerprint density at radius 2 is 1.72 bits per heavy atom. The molecule has 0 amide bonds. The summed E-state index contributed by atoms with van der Waals surface area (Å²) in [6.45, 7) is 0. The van der Waals surface area contributed by atoms with Gasteiger partial charge in [0.1, 0.15) is 11.6 Å². The predicted octanol–water partition coefficient (Wildman–Crippen LogP) is 4.83. The van der Waals surface area contributed by atoms with E-state index in [1.54, 1.807) is 0 Å². The molecule has 0 fully saturated rings. The molecule has 0 saturated heterocycles. The van der Waals surface area contributed by atoms with Gasteiger partial charge >= 0.3 is 12.5 Å². The van der Waals surface area contributed by atoms with E-state index in [9.17, 15) is 26.3 Å². The second kappa shape index (κ2) is 6.82. The highest BCUT2D eigenvalue weighted by Crippen LogP contribution is 2.34. The highest BCUT2D eigenvalue weighted by molar-refractivity contribution is 6.32. The van der Waals surface area contributed by atoms with E-state index >= 15 is 0 Å². The van der Waals surface area contributed by atoms with E-state index in [0.717, 1.165) is 18.2 Å². The molecule has 0 radical (unpaired) electrons. The number of halogens is 7. The van der Waals surface area contributed by atoms with Crippen molar-refractivity contribution in [2.75, 3.05) is 17.7 Å². The van der Waals surface area contributed by atoms with E-state index in [1.807, 2.05) is 0 Å². The van der Waals surface area contributed by atoms with E-state index in [0.29, 0.717) is 6.07 Å². The number of ether oxygens (including phenoxy) is 1. The molecule has 0 aliphatic heterocycles. The van der Waals surface area contributed by atoms with Crippen LogP contribution in [0.25, 0.3) is 0 Å². The molecule has 0 bridgehead atoms. The minimum Gasteiger partial charge on any atom is -0.404 e. The van der Waals surface area contributed by atoms with Crippen molar-refractivity contribution in [1.29, 1.82) is 0 Å². The smallest absolute Gasteiger partial charge is 0.404 e. The van der Waals surface area contributed by atoms with Crippen molar-refractivity contribution in [2.45, 2.75) is 12.5 Å². The van der Waals surface area contributed by atoms with Gasteiger partial charge in [0.05, 0.1) is 5.02 Å². The number of rotatable bonds is 4. The van der Waals surface area contributed by atoms with Gasteiger partial charge in [-0.25, -0.2) is 4.98 Å². The minimum absolute atomic E-state index is 0.105. The summed E-state index contributed by atoms with van der Waals surface area (Å²) >= 11 is 5.67. The standard InChI is InChI=1S/C13H9ClF6N4O/c1-21-11-23-9(12(15,16)17)5-10(24-11)22-6-2-3-8(7(14)4-6)25-13(18,19)20/h2-5H,1H3,(H2,21,22,23,24). The number of hydrogen-bond acceptors (Lipinski definition) is 5. The second-order valence-corrected chi connectivity index (χ2v) is 4.93. The van der Waals surface area contributed by atoms with Crippen LogP contribution < -0.4 is 15.4 Å². The number of benzene rings is 1. The van der Waals surface area contributed by atoms with Gasteiger partial charge < -0.3 is 15.4 Å². The third-order valence-corrected chi connectivity index (χ3v) is 2.97. The molecule has 0 spiro atoms.